The van der Waals surface area contributed by atoms with Crippen molar-refractivity contribution in [3.05, 3.63) is 35.5 Å². The molecule has 4 nitrogen and oxygen atoms in total. The molecule has 1 rings (SSSR count). The molecular formula is C14H16N2O2S. The predicted octanol–water partition coefficient (Wildman–Crippen LogP) is 3.18. The van der Waals surface area contributed by atoms with E-state index in [0.29, 0.717) is 11.4 Å². The van der Waals surface area contributed by atoms with Crippen molar-refractivity contribution in [3.8, 4) is 11.8 Å². The van der Waals surface area contributed by atoms with Crippen LogP contribution in [0.5, 0.6) is 5.75 Å². The molecule has 19 heavy (non-hydrogen) atoms. The van der Waals surface area contributed by atoms with E-state index in [4.69, 9.17) is 10.00 Å². The number of hydrogen-bond acceptors (Lipinski definition) is 5. The Hall–Kier alpha value is -1.93. The minimum Gasteiger partial charge on any atom is -0.497 e. The molecule has 0 aliphatic heterocycles. The van der Waals surface area contributed by atoms with Gasteiger partial charge in [-0.2, -0.15) is 5.26 Å². The van der Waals surface area contributed by atoms with Crippen LogP contribution in [0.15, 0.2) is 35.5 Å². The molecule has 0 aromatic heterocycles. The number of benzene rings is 1. The number of carbonyl (C=O) groups excluding carboxylic acids is 1. The van der Waals surface area contributed by atoms with E-state index in [1.54, 1.807) is 14.0 Å². The molecule has 0 spiro atoms. The van der Waals surface area contributed by atoms with Crippen LogP contribution in [-0.4, -0.2) is 18.0 Å². The lowest BCUT2D eigenvalue weighted by atomic mass is 10.2. The number of allylic oxidation sites excluding steroid dienone is 1. The van der Waals surface area contributed by atoms with Crippen LogP contribution in [0.3, 0.4) is 0 Å². The Morgan fingerprint density at radius 3 is 2.53 bits per heavy atom. The van der Waals surface area contributed by atoms with E-state index in [0.717, 1.165) is 23.2 Å². The molecule has 100 valence electrons. The summed E-state index contributed by atoms with van der Waals surface area (Å²) in [7, 11) is 1.60. The molecule has 0 unspecified atom stereocenters. The Balaban J connectivity index is 2.88. The van der Waals surface area contributed by atoms with Crippen LogP contribution >= 0.6 is 11.8 Å². The Bertz CT molecular complexity index is 515. The molecule has 0 heterocycles. The van der Waals surface area contributed by atoms with Gasteiger partial charge in [0.25, 0.3) is 0 Å². The molecule has 5 heteroatoms. The minimum absolute atomic E-state index is 0.155. The Labute approximate surface area is 117 Å². The second kappa shape index (κ2) is 7.49. The Morgan fingerprint density at radius 2 is 2.05 bits per heavy atom. The molecule has 0 fully saturated rings. The molecule has 0 aliphatic carbocycles. The highest BCUT2D eigenvalue weighted by Crippen LogP contribution is 2.19. The smallest absolute Gasteiger partial charge is 0.231 e. The molecule has 1 aromatic rings. The molecule has 0 saturated carbocycles. The average Bonchev–Trinajstić information content (AvgIpc) is 2.40. The van der Waals surface area contributed by atoms with E-state index in [9.17, 15) is 4.79 Å². The van der Waals surface area contributed by atoms with Gasteiger partial charge in [0.15, 0.2) is 0 Å². The number of ether oxygens (including phenoxy) is 1. The zero-order valence-corrected chi connectivity index (χ0v) is 12.0. The van der Waals surface area contributed by atoms with Gasteiger partial charge in [0, 0.05) is 11.4 Å². The van der Waals surface area contributed by atoms with E-state index >= 15 is 0 Å². The third-order valence-electron chi connectivity index (χ3n) is 2.39. The summed E-state index contributed by atoms with van der Waals surface area (Å²) in [4.78, 5) is 11.7. The lowest BCUT2D eigenvalue weighted by Crippen LogP contribution is -2.05. The fourth-order valence-corrected chi connectivity index (χ4v) is 2.04. The highest BCUT2D eigenvalue weighted by Gasteiger charge is 2.12. The Morgan fingerprint density at radius 1 is 1.42 bits per heavy atom. The topological polar surface area (TPSA) is 62.1 Å². The Kier molecular flexibility index (Phi) is 5.97. The summed E-state index contributed by atoms with van der Waals surface area (Å²) in [5.41, 5.74) is 1.52. The monoisotopic (exact) mass is 276 g/mol. The van der Waals surface area contributed by atoms with Crippen molar-refractivity contribution in [2.45, 2.75) is 13.8 Å². The summed E-state index contributed by atoms with van der Waals surface area (Å²) in [6, 6.07) is 9.23. The first-order valence-electron chi connectivity index (χ1n) is 5.81. The summed E-state index contributed by atoms with van der Waals surface area (Å²) in [6.07, 6.45) is 0. The summed E-state index contributed by atoms with van der Waals surface area (Å²) < 4.78 is 5.06. The summed E-state index contributed by atoms with van der Waals surface area (Å²) in [5, 5.41) is 11.9. The van der Waals surface area contributed by atoms with Gasteiger partial charge in [-0.05, 0) is 36.9 Å². The number of anilines is 1. The molecule has 0 saturated heterocycles. The number of nitrogens with zero attached hydrogens (tertiary/aromatic N) is 1. The number of nitrogens with one attached hydrogen (secondary N) is 1. The molecule has 1 N–H and O–H groups in total. The van der Waals surface area contributed by atoms with Gasteiger partial charge in [0.1, 0.15) is 17.4 Å². The second-order valence-electron chi connectivity index (χ2n) is 3.69. The van der Waals surface area contributed by atoms with Crippen molar-refractivity contribution in [2.24, 2.45) is 0 Å². The first-order chi connectivity index (χ1) is 9.12. The van der Waals surface area contributed by atoms with E-state index in [1.165, 1.54) is 0 Å². The minimum atomic E-state index is -0.205. The van der Waals surface area contributed by atoms with Crippen LogP contribution in [-0.2, 0) is 4.79 Å². The van der Waals surface area contributed by atoms with Crippen LogP contribution < -0.4 is 10.1 Å². The van der Waals surface area contributed by atoms with Crippen molar-refractivity contribution >= 4 is 22.6 Å². The summed E-state index contributed by atoms with van der Waals surface area (Å²) in [5.74, 6) is 1.41. The number of nitriles is 1. The number of hydrogen-bond donors (Lipinski definition) is 1. The first kappa shape index (κ1) is 15.1. The molecule has 0 aliphatic rings. The SMILES string of the molecule is CCSC(=O)C(C#N)=C(C)Nc1ccc(OC)cc1. The number of methoxy groups -OCH3 is 1. The third kappa shape index (κ3) is 4.34. The highest BCUT2D eigenvalue weighted by molar-refractivity contribution is 8.14. The molecule has 0 atom stereocenters. The fraction of sp³-hybridized carbons (Fsp3) is 0.286. The molecule has 1 aromatic carbocycles. The third-order valence-corrected chi connectivity index (χ3v) is 3.14. The maximum Gasteiger partial charge on any atom is 0.231 e. The average molecular weight is 276 g/mol. The van der Waals surface area contributed by atoms with Crippen LogP contribution in [0.2, 0.25) is 0 Å². The van der Waals surface area contributed by atoms with Crippen LogP contribution in [0.1, 0.15) is 13.8 Å². The van der Waals surface area contributed by atoms with Gasteiger partial charge in [0.05, 0.1) is 7.11 Å². The first-order valence-corrected chi connectivity index (χ1v) is 6.80. The van der Waals surface area contributed by atoms with Gasteiger partial charge >= 0.3 is 0 Å². The maximum atomic E-state index is 11.7. The van der Waals surface area contributed by atoms with Crippen molar-refractivity contribution in [1.29, 1.82) is 5.26 Å². The van der Waals surface area contributed by atoms with Gasteiger partial charge in [0.2, 0.25) is 5.12 Å². The van der Waals surface area contributed by atoms with Crippen molar-refractivity contribution in [3.63, 3.8) is 0 Å². The van der Waals surface area contributed by atoms with Crippen molar-refractivity contribution in [2.75, 3.05) is 18.2 Å². The van der Waals surface area contributed by atoms with Gasteiger partial charge in [-0.25, -0.2) is 0 Å². The van der Waals surface area contributed by atoms with E-state index < -0.39 is 0 Å². The number of thioether (sulfide) groups is 1. The molecule has 0 radical (unpaired) electrons. The van der Waals surface area contributed by atoms with E-state index in [2.05, 4.69) is 5.32 Å². The highest BCUT2D eigenvalue weighted by atomic mass is 32.2. The van der Waals surface area contributed by atoms with Crippen LogP contribution in [0, 0.1) is 11.3 Å². The molecule has 0 bridgehead atoms. The maximum absolute atomic E-state index is 11.7. The van der Waals surface area contributed by atoms with Gasteiger partial charge in [-0.3, -0.25) is 4.79 Å². The van der Waals surface area contributed by atoms with Crippen molar-refractivity contribution in [1.82, 2.24) is 0 Å². The lowest BCUT2D eigenvalue weighted by molar-refractivity contribution is -0.107. The predicted molar refractivity (Wildman–Crippen MR) is 78.1 cm³/mol. The van der Waals surface area contributed by atoms with Crippen molar-refractivity contribution < 1.29 is 9.53 Å². The summed E-state index contributed by atoms with van der Waals surface area (Å²) in [6.45, 7) is 3.60. The zero-order valence-electron chi connectivity index (χ0n) is 11.2. The zero-order chi connectivity index (χ0) is 14.3. The number of carbonyl (C=O) groups is 1. The quantitative estimate of drug-likeness (QED) is 0.661. The van der Waals surface area contributed by atoms with Gasteiger partial charge in [-0.1, -0.05) is 18.7 Å². The normalized spacial score (nSPS) is 11.3. The van der Waals surface area contributed by atoms with Crippen LogP contribution in [0.4, 0.5) is 5.69 Å². The largest absolute Gasteiger partial charge is 0.497 e. The number of rotatable bonds is 5. The molecule has 0 amide bonds. The van der Waals surface area contributed by atoms with Crippen LogP contribution in [0.25, 0.3) is 0 Å². The van der Waals surface area contributed by atoms with Gasteiger partial charge < -0.3 is 10.1 Å². The van der Waals surface area contributed by atoms with Gasteiger partial charge in [-0.15, -0.1) is 0 Å². The van der Waals surface area contributed by atoms with E-state index in [-0.39, 0.29) is 10.7 Å². The lowest BCUT2D eigenvalue weighted by Gasteiger charge is -2.09. The summed E-state index contributed by atoms with van der Waals surface area (Å²) >= 11 is 1.13. The molecular weight excluding hydrogens is 260 g/mol. The fourth-order valence-electron chi connectivity index (χ4n) is 1.44. The standard InChI is InChI=1S/C14H16N2O2S/c1-4-19-14(17)13(9-15)10(2)16-11-5-7-12(18-3)8-6-11/h5-8,16H,4H2,1-3H3. The van der Waals surface area contributed by atoms with E-state index in [1.807, 2.05) is 37.3 Å². The second-order valence-corrected chi connectivity index (χ2v) is 4.92.